The number of aromatic amines is 1. The zero-order chi connectivity index (χ0) is 35.3. The Hall–Kier alpha value is -5.05. The summed E-state index contributed by atoms with van der Waals surface area (Å²) in [7, 11) is 0. The molecule has 1 heterocycles. The molecule has 0 aliphatic rings. The smallest absolute Gasteiger partial charge is 0.408 e. The number of aliphatic carboxylic acids is 1. The van der Waals surface area contributed by atoms with E-state index < -0.39 is 72.4 Å². The number of nitrogens with one attached hydrogen (secondary N) is 6. The van der Waals surface area contributed by atoms with Gasteiger partial charge in [0.25, 0.3) is 0 Å². The number of para-hydroxylation sites is 2. The highest BCUT2D eigenvalue weighted by molar-refractivity contribution is 7.98. The van der Waals surface area contributed by atoms with Crippen molar-refractivity contribution < 1.29 is 38.6 Å². The second kappa shape index (κ2) is 17.8. The van der Waals surface area contributed by atoms with E-state index in [-0.39, 0.29) is 12.8 Å². The second-order valence-electron chi connectivity index (χ2n) is 11.9. The molecule has 0 aliphatic heterocycles. The van der Waals surface area contributed by atoms with E-state index in [0.717, 1.165) is 16.5 Å². The molecule has 0 fully saturated rings. The molecule has 15 heteroatoms. The van der Waals surface area contributed by atoms with Crippen LogP contribution in [-0.4, -0.2) is 88.1 Å². The van der Waals surface area contributed by atoms with Crippen molar-refractivity contribution in [2.24, 2.45) is 0 Å². The number of fused-ring (bicyclic) bond motifs is 1. The summed E-state index contributed by atoms with van der Waals surface area (Å²) in [5.74, 6) is -3.89. The molecule has 0 radical (unpaired) electrons. The first-order chi connectivity index (χ1) is 22.8. The van der Waals surface area contributed by atoms with Crippen molar-refractivity contribution in [1.29, 1.82) is 0 Å². The Morgan fingerprint density at radius 1 is 0.854 bits per heavy atom. The minimum Gasteiger partial charge on any atom is -0.481 e. The van der Waals surface area contributed by atoms with Crippen molar-refractivity contribution >= 4 is 64.0 Å². The normalized spacial score (nSPS) is 13.0. The molecule has 0 saturated carbocycles. The number of rotatable bonds is 16. The summed E-state index contributed by atoms with van der Waals surface area (Å²) >= 11 is 1.41. The summed E-state index contributed by atoms with van der Waals surface area (Å²) in [5.41, 5.74) is 1.24. The Kier molecular flexibility index (Phi) is 13.8. The van der Waals surface area contributed by atoms with Crippen molar-refractivity contribution in [3.63, 3.8) is 0 Å². The van der Waals surface area contributed by atoms with E-state index in [2.05, 4.69) is 31.6 Å². The number of hydrogen-bond acceptors (Lipinski definition) is 8. The predicted octanol–water partition coefficient (Wildman–Crippen LogP) is 2.56. The van der Waals surface area contributed by atoms with Gasteiger partial charge >= 0.3 is 12.1 Å². The molecule has 5 amide bonds. The number of anilines is 1. The van der Waals surface area contributed by atoms with Crippen LogP contribution >= 0.6 is 11.8 Å². The molecule has 3 aromatic rings. The van der Waals surface area contributed by atoms with Gasteiger partial charge in [0.2, 0.25) is 23.6 Å². The van der Waals surface area contributed by atoms with Gasteiger partial charge in [0.1, 0.15) is 23.7 Å². The van der Waals surface area contributed by atoms with Crippen LogP contribution in [0, 0.1) is 0 Å². The first-order valence-corrected chi connectivity index (χ1v) is 16.6. The van der Waals surface area contributed by atoms with E-state index in [4.69, 9.17) is 4.74 Å². The molecule has 0 spiro atoms. The maximum atomic E-state index is 13.7. The van der Waals surface area contributed by atoms with Crippen molar-refractivity contribution in [1.82, 2.24) is 26.3 Å². The van der Waals surface area contributed by atoms with Crippen LogP contribution in [0.5, 0.6) is 0 Å². The van der Waals surface area contributed by atoms with Crippen molar-refractivity contribution in [3.05, 3.63) is 66.4 Å². The number of aromatic nitrogens is 1. The third kappa shape index (κ3) is 12.3. The zero-order valence-electron chi connectivity index (χ0n) is 27.3. The molecule has 1 aromatic heterocycles. The first-order valence-electron chi connectivity index (χ1n) is 15.2. The zero-order valence-corrected chi connectivity index (χ0v) is 28.1. The predicted molar refractivity (Wildman–Crippen MR) is 182 cm³/mol. The minimum atomic E-state index is -1.55. The maximum absolute atomic E-state index is 13.7. The lowest BCUT2D eigenvalue weighted by atomic mass is 10.0. The van der Waals surface area contributed by atoms with Gasteiger partial charge in [0.15, 0.2) is 0 Å². The molecular formula is C33H42N6O8S. The van der Waals surface area contributed by atoms with E-state index in [9.17, 15) is 33.9 Å². The fourth-order valence-electron chi connectivity index (χ4n) is 4.63. The molecule has 7 N–H and O–H groups in total. The van der Waals surface area contributed by atoms with Crippen LogP contribution in [0.2, 0.25) is 0 Å². The van der Waals surface area contributed by atoms with Gasteiger partial charge in [-0.15, -0.1) is 0 Å². The molecule has 0 unspecified atom stereocenters. The number of hydrogen-bond donors (Lipinski definition) is 7. The van der Waals surface area contributed by atoms with Gasteiger partial charge in [0, 0.05) is 29.2 Å². The molecule has 258 valence electrons. The van der Waals surface area contributed by atoms with Crippen LogP contribution in [0.4, 0.5) is 10.5 Å². The van der Waals surface area contributed by atoms with Gasteiger partial charge in [-0.05, 0) is 63.0 Å². The standard InChI is InChI=1S/C33H42N6O8S/c1-33(2,3)47-32(46)39-25(16-20-18-34-23-13-9-8-12-22(20)23)31(45)37-24(14-15-48-4)30(44)38-26(17-28(41)42)29(43)35-19-27(40)36-21-10-6-5-7-11-21/h5-13,18,24-26,34H,14-17,19H2,1-4H3,(H,35,43)(H,36,40)(H,37,45)(H,38,44)(H,39,46)(H,41,42)/t24-,25-,26-/m0/s1. The molecule has 3 rings (SSSR count). The van der Waals surface area contributed by atoms with Gasteiger partial charge in [-0.3, -0.25) is 24.0 Å². The van der Waals surface area contributed by atoms with Gasteiger partial charge in [-0.1, -0.05) is 36.4 Å². The average molecular weight is 683 g/mol. The molecule has 48 heavy (non-hydrogen) atoms. The number of alkyl carbamates (subject to hydrolysis) is 1. The van der Waals surface area contributed by atoms with E-state index in [1.807, 2.05) is 30.5 Å². The van der Waals surface area contributed by atoms with Crippen LogP contribution in [0.3, 0.4) is 0 Å². The maximum Gasteiger partial charge on any atom is 0.408 e. The van der Waals surface area contributed by atoms with Gasteiger partial charge in [0.05, 0.1) is 13.0 Å². The molecule has 0 saturated heterocycles. The summed E-state index contributed by atoms with van der Waals surface area (Å²) in [5, 5.41) is 22.9. The Morgan fingerprint density at radius 2 is 1.50 bits per heavy atom. The second-order valence-corrected chi connectivity index (χ2v) is 12.9. The number of ether oxygens (including phenoxy) is 1. The van der Waals surface area contributed by atoms with Gasteiger partial charge < -0.3 is 41.4 Å². The van der Waals surface area contributed by atoms with Crippen molar-refractivity contribution in [3.8, 4) is 0 Å². The highest BCUT2D eigenvalue weighted by Gasteiger charge is 2.32. The third-order valence-corrected chi connectivity index (χ3v) is 7.49. The number of thioether (sulfide) groups is 1. The minimum absolute atomic E-state index is 0.0566. The van der Waals surface area contributed by atoms with Crippen LogP contribution in [-0.2, 0) is 35.1 Å². The van der Waals surface area contributed by atoms with Crippen LogP contribution < -0.4 is 26.6 Å². The number of H-pyrrole nitrogens is 1. The summed E-state index contributed by atoms with van der Waals surface area (Å²) < 4.78 is 5.38. The molecule has 0 bridgehead atoms. The highest BCUT2D eigenvalue weighted by atomic mass is 32.2. The molecule has 14 nitrogen and oxygen atoms in total. The van der Waals surface area contributed by atoms with Crippen molar-refractivity contribution in [2.45, 2.75) is 63.8 Å². The molecule has 0 aliphatic carbocycles. The Labute approximate surface area is 282 Å². The monoisotopic (exact) mass is 682 g/mol. The Balaban J connectivity index is 1.75. The summed E-state index contributed by atoms with van der Waals surface area (Å²) in [6.45, 7) is 4.58. The number of carboxylic acids is 1. The first kappa shape index (κ1) is 37.4. The molecule has 3 atom stereocenters. The van der Waals surface area contributed by atoms with E-state index in [1.165, 1.54) is 11.8 Å². The summed E-state index contributed by atoms with van der Waals surface area (Å²) in [6, 6.07) is 12.1. The van der Waals surface area contributed by atoms with E-state index >= 15 is 0 Å². The lowest BCUT2D eigenvalue weighted by Crippen LogP contribution is -2.58. The van der Waals surface area contributed by atoms with Gasteiger partial charge in [-0.25, -0.2) is 4.79 Å². The largest absolute Gasteiger partial charge is 0.481 e. The van der Waals surface area contributed by atoms with Crippen LogP contribution in [0.15, 0.2) is 60.8 Å². The fraction of sp³-hybridized carbons (Fsp3) is 0.394. The molecular weight excluding hydrogens is 640 g/mol. The number of carbonyl (C=O) groups is 6. The summed E-state index contributed by atoms with van der Waals surface area (Å²) in [6.07, 6.45) is 2.12. The quantitative estimate of drug-likeness (QED) is 0.118. The lowest BCUT2D eigenvalue weighted by molar-refractivity contribution is -0.141. The fourth-order valence-corrected chi connectivity index (χ4v) is 5.10. The van der Waals surface area contributed by atoms with Crippen molar-refractivity contribution in [2.75, 3.05) is 23.9 Å². The SMILES string of the molecule is CSCC[C@H](NC(=O)[C@H](Cc1c[nH]c2ccccc12)NC(=O)OC(C)(C)C)C(=O)N[C@@H](CC(=O)O)C(=O)NCC(=O)Nc1ccccc1. The topological polar surface area (TPSA) is 208 Å². The van der Waals surface area contributed by atoms with E-state index in [1.54, 1.807) is 57.3 Å². The number of carbonyl (C=O) groups excluding carboxylic acids is 5. The lowest BCUT2D eigenvalue weighted by Gasteiger charge is -2.26. The number of amides is 5. The summed E-state index contributed by atoms with van der Waals surface area (Å²) in [4.78, 5) is 79.9. The highest BCUT2D eigenvalue weighted by Crippen LogP contribution is 2.20. The Morgan fingerprint density at radius 3 is 2.17 bits per heavy atom. The van der Waals surface area contributed by atoms with Crippen LogP contribution in [0.25, 0.3) is 10.9 Å². The van der Waals surface area contributed by atoms with Crippen LogP contribution in [0.1, 0.15) is 39.2 Å². The Bertz CT molecular complexity index is 1590. The van der Waals surface area contributed by atoms with E-state index in [0.29, 0.717) is 11.4 Å². The third-order valence-electron chi connectivity index (χ3n) is 6.84. The number of benzene rings is 2. The van der Waals surface area contributed by atoms with Gasteiger partial charge in [-0.2, -0.15) is 11.8 Å². The molecule has 2 aromatic carbocycles. The number of carboxylic acid groups (broad SMARTS) is 1. The average Bonchev–Trinajstić information content (AvgIpc) is 3.43.